The van der Waals surface area contributed by atoms with Gasteiger partial charge in [-0.05, 0) is 76.1 Å². The summed E-state index contributed by atoms with van der Waals surface area (Å²) in [7, 11) is 0. The molecule has 5 nitrogen and oxygen atoms in total. The van der Waals surface area contributed by atoms with Crippen molar-refractivity contribution >= 4 is 81.4 Å². The zero-order chi connectivity index (χ0) is 37.9. The molecule has 0 amide bonds. The van der Waals surface area contributed by atoms with E-state index in [9.17, 15) is 0 Å². The maximum Gasteiger partial charge on any atom is 0.164 e. The highest BCUT2D eigenvalue weighted by atomic mass is 15.0. The van der Waals surface area contributed by atoms with E-state index in [2.05, 4.69) is 179 Å². The molecule has 0 N–H and O–H groups in total. The predicted octanol–water partition coefficient (Wildman–Crippen LogP) is 13.4. The molecule has 13 rings (SSSR count). The highest BCUT2D eigenvalue weighted by Crippen LogP contribution is 2.44. The summed E-state index contributed by atoms with van der Waals surface area (Å²) >= 11 is 0. The average molecular weight is 738 g/mol. The van der Waals surface area contributed by atoms with Gasteiger partial charge in [-0.3, -0.25) is 0 Å². The van der Waals surface area contributed by atoms with Crippen LogP contribution in [0.3, 0.4) is 0 Å². The van der Waals surface area contributed by atoms with Gasteiger partial charge in [-0.15, -0.1) is 0 Å². The minimum Gasteiger partial charge on any atom is -0.309 e. The van der Waals surface area contributed by atoms with Gasteiger partial charge in [-0.25, -0.2) is 15.0 Å². The van der Waals surface area contributed by atoms with Crippen molar-refractivity contribution < 1.29 is 0 Å². The van der Waals surface area contributed by atoms with Crippen LogP contribution >= 0.6 is 0 Å². The molecule has 58 heavy (non-hydrogen) atoms. The summed E-state index contributed by atoms with van der Waals surface area (Å²) in [6.07, 6.45) is 0. The number of hydrogen-bond acceptors (Lipinski definition) is 3. The molecule has 5 heteroatoms. The fourth-order valence-electron chi connectivity index (χ4n) is 9.52. The molecule has 4 heterocycles. The Morgan fingerprint density at radius 1 is 0.328 bits per heavy atom. The van der Waals surface area contributed by atoms with Gasteiger partial charge in [0.1, 0.15) is 0 Å². The summed E-state index contributed by atoms with van der Waals surface area (Å²) in [6, 6.07) is 67.2. The Morgan fingerprint density at radius 2 is 0.948 bits per heavy atom. The van der Waals surface area contributed by atoms with E-state index in [4.69, 9.17) is 15.0 Å². The van der Waals surface area contributed by atoms with E-state index in [0.29, 0.717) is 17.5 Å². The van der Waals surface area contributed by atoms with Gasteiger partial charge in [0.25, 0.3) is 0 Å². The Morgan fingerprint density at radius 3 is 1.78 bits per heavy atom. The van der Waals surface area contributed by atoms with Crippen LogP contribution in [-0.2, 0) is 0 Å². The largest absolute Gasteiger partial charge is 0.309 e. The molecule has 0 aliphatic rings. The molecule has 9 aromatic carbocycles. The lowest BCUT2D eigenvalue weighted by Crippen LogP contribution is -2.01. The number of rotatable bonds is 4. The summed E-state index contributed by atoms with van der Waals surface area (Å²) in [5, 5.41) is 12.4. The first-order valence-corrected chi connectivity index (χ1v) is 19.7. The maximum absolute atomic E-state index is 5.13. The van der Waals surface area contributed by atoms with Crippen LogP contribution in [-0.4, -0.2) is 23.9 Å². The van der Waals surface area contributed by atoms with E-state index in [1.165, 1.54) is 70.7 Å². The average Bonchev–Trinajstić information content (AvgIpc) is 3.93. The lowest BCUT2D eigenvalue weighted by Gasteiger charge is -2.12. The van der Waals surface area contributed by atoms with Gasteiger partial charge in [0.2, 0.25) is 0 Å². The van der Waals surface area contributed by atoms with Crippen LogP contribution in [0.15, 0.2) is 188 Å². The molecule has 13 aromatic rings. The third-order valence-corrected chi connectivity index (χ3v) is 12.1. The molecule has 0 saturated carbocycles. The molecule has 0 radical (unpaired) electrons. The highest BCUT2D eigenvalue weighted by molar-refractivity contribution is 6.30. The van der Waals surface area contributed by atoms with E-state index in [1.807, 2.05) is 18.2 Å². The van der Waals surface area contributed by atoms with Crippen molar-refractivity contribution in [1.29, 1.82) is 0 Å². The standard InChI is InChI=1S/C53H31N5/c1-2-13-33(14-3-1)51-54-52(56-53(55-51)41-20-10-15-32-12-4-5-16-37(32)41)34-24-27-36(28-25-34)57-45-22-8-7-18-39(45)44-30-35-26-29-47-49(43(35)31-48(44)57)42-21-11-19-40-38-17-6-9-23-46(38)58(47)50(40)42/h1-31H. The quantitative estimate of drug-likeness (QED) is 0.181. The van der Waals surface area contributed by atoms with Gasteiger partial charge in [0.05, 0.1) is 27.6 Å². The number of para-hydroxylation sites is 3. The van der Waals surface area contributed by atoms with Crippen LogP contribution in [0.1, 0.15) is 0 Å². The van der Waals surface area contributed by atoms with Crippen LogP contribution in [0.25, 0.3) is 121 Å². The summed E-state index contributed by atoms with van der Waals surface area (Å²) in [6.45, 7) is 0. The Kier molecular flexibility index (Phi) is 6.38. The predicted molar refractivity (Wildman–Crippen MR) is 240 cm³/mol. The summed E-state index contributed by atoms with van der Waals surface area (Å²) in [5.41, 5.74) is 10.1. The molecule has 268 valence electrons. The van der Waals surface area contributed by atoms with E-state index in [1.54, 1.807) is 0 Å². The van der Waals surface area contributed by atoms with Gasteiger partial charge in [-0.2, -0.15) is 0 Å². The van der Waals surface area contributed by atoms with Crippen molar-refractivity contribution in [2.24, 2.45) is 0 Å². The number of hydrogen-bond donors (Lipinski definition) is 0. The number of benzene rings is 9. The molecule has 0 saturated heterocycles. The Labute approximate surface area is 332 Å². The minimum absolute atomic E-state index is 0.637. The van der Waals surface area contributed by atoms with E-state index in [-0.39, 0.29) is 0 Å². The molecular weight excluding hydrogens is 707 g/mol. The number of nitrogens with zero attached hydrogens (tertiary/aromatic N) is 5. The molecule has 0 unspecified atom stereocenters. The van der Waals surface area contributed by atoms with Crippen molar-refractivity contribution in [3.63, 3.8) is 0 Å². The minimum atomic E-state index is 0.637. The number of fused-ring (bicyclic) bond motifs is 12. The summed E-state index contributed by atoms with van der Waals surface area (Å²) in [4.78, 5) is 15.2. The van der Waals surface area contributed by atoms with Gasteiger partial charge in [0, 0.05) is 54.7 Å². The molecule has 0 fully saturated rings. The Hall–Kier alpha value is -7.89. The zero-order valence-electron chi connectivity index (χ0n) is 31.1. The van der Waals surface area contributed by atoms with Crippen LogP contribution in [0.5, 0.6) is 0 Å². The van der Waals surface area contributed by atoms with Crippen molar-refractivity contribution in [2.75, 3.05) is 0 Å². The van der Waals surface area contributed by atoms with Gasteiger partial charge in [-0.1, -0.05) is 133 Å². The maximum atomic E-state index is 5.13. The van der Waals surface area contributed by atoms with E-state index in [0.717, 1.165) is 33.2 Å². The second-order valence-corrected chi connectivity index (χ2v) is 15.2. The normalized spacial score (nSPS) is 12.1. The van der Waals surface area contributed by atoms with Crippen molar-refractivity contribution in [3.8, 4) is 39.9 Å². The molecular formula is C53H31N5. The monoisotopic (exact) mass is 737 g/mol. The van der Waals surface area contributed by atoms with Crippen molar-refractivity contribution in [3.05, 3.63) is 188 Å². The number of aromatic nitrogens is 5. The van der Waals surface area contributed by atoms with Crippen molar-refractivity contribution in [1.82, 2.24) is 23.9 Å². The molecule has 0 aliphatic heterocycles. The second-order valence-electron chi connectivity index (χ2n) is 15.2. The van der Waals surface area contributed by atoms with E-state index < -0.39 is 0 Å². The fraction of sp³-hybridized carbons (Fsp3) is 0. The third-order valence-electron chi connectivity index (χ3n) is 12.1. The molecule has 0 aliphatic carbocycles. The zero-order valence-corrected chi connectivity index (χ0v) is 31.1. The second kappa shape index (κ2) is 11.8. The molecule has 0 spiro atoms. The Bertz CT molecular complexity index is 3780. The molecule has 0 bridgehead atoms. The summed E-state index contributed by atoms with van der Waals surface area (Å²) in [5.74, 6) is 1.94. The van der Waals surface area contributed by atoms with Crippen LogP contribution in [0, 0.1) is 0 Å². The Balaban J connectivity index is 1.01. The highest BCUT2D eigenvalue weighted by Gasteiger charge is 2.21. The summed E-state index contributed by atoms with van der Waals surface area (Å²) < 4.78 is 4.87. The lowest BCUT2D eigenvalue weighted by molar-refractivity contribution is 1.07. The van der Waals surface area contributed by atoms with Crippen LogP contribution in [0.2, 0.25) is 0 Å². The first kappa shape index (κ1) is 31.3. The van der Waals surface area contributed by atoms with Crippen molar-refractivity contribution in [2.45, 2.75) is 0 Å². The van der Waals surface area contributed by atoms with Crippen LogP contribution < -0.4 is 0 Å². The molecule has 0 atom stereocenters. The fourth-order valence-corrected chi connectivity index (χ4v) is 9.52. The SMILES string of the molecule is c1ccc(-c2nc(-c3ccc(-n4c5ccccc5c5cc6ccc7c(c6cc54)c4cccc5c6ccccc6n7c54)cc3)nc(-c3cccc4ccccc34)n2)cc1. The smallest absolute Gasteiger partial charge is 0.164 e. The first-order valence-electron chi connectivity index (χ1n) is 19.7. The molecule has 4 aromatic heterocycles. The van der Waals surface area contributed by atoms with E-state index >= 15 is 0 Å². The van der Waals surface area contributed by atoms with Crippen LogP contribution in [0.4, 0.5) is 0 Å². The lowest BCUT2D eigenvalue weighted by atomic mass is 10.00. The third kappa shape index (κ3) is 4.38. The first-order chi connectivity index (χ1) is 28.8. The van der Waals surface area contributed by atoms with Gasteiger partial charge >= 0.3 is 0 Å². The van der Waals surface area contributed by atoms with Gasteiger partial charge in [0.15, 0.2) is 17.5 Å². The topological polar surface area (TPSA) is 48.0 Å². The van der Waals surface area contributed by atoms with Gasteiger partial charge < -0.3 is 8.97 Å².